The number of hydrogen-bond donors (Lipinski definition) is 0. The zero-order valence-corrected chi connectivity index (χ0v) is 10.6. The summed E-state index contributed by atoms with van der Waals surface area (Å²) in [5, 5.41) is 4.87. The van der Waals surface area contributed by atoms with Gasteiger partial charge in [0.15, 0.2) is 0 Å². The molecule has 0 amide bonds. The number of aryl methyl sites for hydroxylation is 3. The molecule has 0 aliphatic rings. The molecule has 0 radical (unpaired) electrons. The molecule has 0 unspecified atom stereocenters. The smallest absolute Gasteiger partial charge is 0.146 e. The zero-order chi connectivity index (χ0) is 11.6. The van der Waals surface area contributed by atoms with E-state index in [2.05, 4.69) is 10.1 Å². The number of halogens is 1. The van der Waals surface area contributed by atoms with Crippen LogP contribution in [0.25, 0.3) is 5.52 Å². The highest BCUT2D eigenvalue weighted by Crippen LogP contribution is 2.20. The van der Waals surface area contributed by atoms with Gasteiger partial charge in [-0.3, -0.25) is 0 Å². The number of aromatic nitrogens is 3. The molecular formula is C11H16ClN3. The van der Waals surface area contributed by atoms with Gasteiger partial charge < -0.3 is 0 Å². The Morgan fingerprint density at radius 1 is 1.20 bits per heavy atom. The molecule has 0 saturated heterocycles. The van der Waals surface area contributed by atoms with Crippen molar-refractivity contribution in [3.63, 3.8) is 0 Å². The minimum Gasteiger partial charge on any atom is -0.234 e. The predicted octanol–water partition coefficient (Wildman–Crippen LogP) is 3.33. The third kappa shape index (κ3) is 2.12. The first kappa shape index (κ1) is 12.0. The lowest BCUT2D eigenvalue weighted by Crippen LogP contribution is -2.00. The molecule has 2 rings (SSSR count). The summed E-state index contributed by atoms with van der Waals surface area (Å²) in [6.45, 7) is 9.83. The first-order chi connectivity index (χ1) is 7.09. The average molecular weight is 226 g/mol. The lowest BCUT2D eigenvalue weighted by atomic mass is 10.3. The second-order valence-corrected chi connectivity index (χ2v) is 3.54. The Kier molecular flexibility index (Phi) is 3.69. The highest BCUT2D eigenvalue weighted by molar-refractivity contribution is 6.30. The van der Waals surface area contributed by atoms with Gasteiger partial charge in [0.1, 0.15) is 11.0 Å². The second kappa shape index (κ2) is 4.62. The number of fused-ring (bicyclic) bond motifs is 1. The van der Waals surface area contributed by atoms with Crippen LogP contribution in [0.3, 0.4) is 0 Å². The standard InChI is InChI=1S/C9H10ClN3.C2H6/c1-5-4-8(10)13-9(5)6(2)11-7(3)12-13;1-2/h4H,1-3H3;1-2H3. The fourth-order valence-corrected chi connectivity index (χ4v) is 1.87. The number of rotatable bonds is 0. The van der Waals surface area contributed by atoms with E-state index < -0.39 is 0 Å². The lowest BCUT2D eigenvalue weighted by Gasteiger charge is -2.01. The van der Waals surface area contributed by atoms with E-state index in [1.54, 1.807) is 4.52 Å². The average Bonchev–Trinajstić information content (AvgIpc) is 2.45. The van der Waals surface area contributed by atoms with Gasteiger partial charge in [0, 0.05) is 0 Å². The Hall–Kier alpha value is -1.09. The van der Waals surface area contributed by atoms with Gasteiger partial charge in [-0.25, -0.2) is 9.50 Å². The Morgan fingerprint density at radius 2 is 1.80 bits per heavy atom. The van der Waals surface area contributed by atoms with Crippen LogP contribution in [0.5, 0.6) is 0 Å². The third-order valence-electron chi connectivity index (χ3n) is 2.04. The van der Waals surface area contributed by atoms with E-state index in [4.69, 9.17) is 11.6 Å². The molecule has 0 spiro atoms. The van der Waals surface area contributed by atoms with Gasteiger partial charge in [-0.1, -0.05) is 25.4 Å². The SMILES string of the molecule is CC.Cc1nc(C)c2c(C)cc(Cl)n2n1. The lowest BCUT2D eigenvalue weighted by molar-refractivity contribution is 0.841. The van der Waals surface area contributed by atoms with Gasteiger partial charge in [-0.05, 0) is 32.4 Å². The molecule has 0 atom stereocenters. The Bertz CT molecular complexity index is 474. The molecule has 4 heteroatoms. The van der Waals surface area contributed by atoms with Crippen molar-refractivity contribution in [2.75, 3.05) is 0 Å². The quantitative estimate of drug-likeness (QED) is 0.689. The van der Waals surface area contributed by atoms with E-state index in [0.29, 0.717) is 5.15 Å². The fraction of sp³-hybridized carbons (Fsp3) is 0.455. The molecule has 15 heavy (non-hydrogen) atoms. The van der Waals surface area contributed by atoms with Crippen molar-refractivity contribution in [3.8, 4) is 0 Å². The van der Waals surface area contributed by atoms with Crippen LogP contribution >= 0.6 is 11.6 Å². The molecule has 0 saturated carbocycles. The largest absolute Gasteiger partial charge is 0.234 e. The van der Waals surface area contributed by atoms with Gasteiger partial charge in [-0.2, -0.15) is 5.10 Å². The van der Waals surface area contributed by atoms with Crippen LogP contribution in [0.4, 0.5) is 0 Å². The highest BCUT2D eigenvalue weighted by Gasteiger charge is 2.08. The van der Waals surface area contributed by atoms with Gasteiger partial charge >= 0.3 is 0 Å². The Morgan fingerprint density at radius 3 is 2.40 bits per heavy atom. The first-order valence-electron chi connectivity index (χ1n) is 5.08. The van der Waals surface area contributed by atoms with Crippen LogP contribution in [0.1, 0.15) is 30.9 Å². The Balaban J connectivity index is 0.000000531. The van der Waals surface area contributed by atoms with Crippen molar-refractivity contribution in [2.45, 2.75) is 34.6 Å². The molecular weight excluding hydrogens is 210 g/mol. The maximum atomic E-state index is 5.99. The maximum absolute atomic E-state index is 5.99. The molecule has 0 aliphatic carbocycles. The fourth-order valence-electron chi connectivity index (χ4n) is 1.58. The predicted molar refractivity (Wildman–Crippen MR) is 63.6 cm³/mol. The van der Waals surface area contributed by atoms with Crippen LogP contribution in [0.2, 0.25) is 5.15 Å². The summed E-state index contributed by atoms with van der Waals surface area (Å²) in [4.78, 5) is 4.29. The zero-order valence-electron chi connectivity index (χ0n) is 9.80. The Labute approximate surface area is 95.1 Å². The van der Waals surface area contributed by atoms with E-state index in [1.165, 1.54) is 0 Å². The summed E-state index contributed by atoms with van der Waals surface area (Å²) >= 11 is 5.99. The van der Waals surface area contributed by atoms with Crippen molar-refractivity contribution in [1.82, 2.24) is 14.6 Å². The van der Waals surface area contributed by atoms with E-state index in [9.17, 15) is 0 Å². The molecule has 2 aromatic heterocycles. The molecule has 2 heterocycles. The van der Waals surface area contributed by atoms with Crippen molar-refractivity contribution in [2.24, 2.45) is 0 Å². The first-order valence-corrected chi connectivity index (χ1v) is 5.46. The van der Waals surface area contributed by atoms with E-state index in [1.807, 2.05) is 40.7 Å². The van der Waals surface area contributed by atoms with Crippen molar-refractivity contribution in [3.05, 3.63) is 28.3 Å². The van der Waals surface area contributed by atoms with E-state index >= 15 is 0 Å². The minimum absolute atomic E-state index is 0.640. The van der Waals surface area contributed by atoms with Gasteiger partial charge in [0.05, 0.1) is 11.2 Å². The van der Waals surface area contributed by atoms with Crippen molar-refractivity contribution >= 4 is 17.1 Å². The molecule has 2 aromatic rings. The third-order valence-corrected chi connectivity index (χ3v) is 2.31. The topological polar surface area (TPSA) is 30.2 Å². The summed E-state index contributed by atoms with van der Waals surface area (Å²) < 4.78 is 1.73. The molecule has 82 valence electrons. The minimum atomic E-state index is 0.640. The molecule has 3 nitrogen and oxygen atoms in total. The molecule has 0 aromatic carbocycles. The maximum Gasteiger partial charge on any atom is 0.146 e. The van der Waals surface area contributed by atoms with Crippen molar-refractivity contribution < 1.29 is 0 Å². The van der Waals surface area contributed by atoms with Crippen LogP contribution < -0.4 is 0 Å². The van der Waals surface area contributed by atoms with Crippen LogP contribution in [-0.2, 0) is 0 Å². The van der Waals surface area contributed by atoms with Crippen LogP contribution in [-0.4, -0.2) is 14.6 Å². The summed E-state index contributed by atoms with van der Waals surface area (Å²) in [6, 6.07) is 1.90. The van der Waals surface area contributed by atoms with Crippen LogP contribution in [0, 0.1) is 20.8 Å². The van der Waals surface area contributed by atoms with E-state index in [-0.39, 0.29) is 0 Å². The van der Waals surface area contributed by atoms with Crippen LogP contribution in [0.15, 0.2) is 6.07 Å². The number of nitrogens with zero attached hydrogens (tertiary/aromatic N) is 3. The summed E-state index contributed by atoms with van der Waals surface area (Å²) in [7, 11) is 0. The van der Waals surface area contributed by atoms with E-state index in [0.717, 1.165) is 22.6 Å². The second-order valence-electron chi connectivity index (χ2n) is 3.15. The normalized spacial score (nSPS) is 10.0. The van der Waals surface area contributed by atoms with Gasteiger partial charge in [-0.15, -0.1) is 0 Å². The molecule has 0 fully saturated rings. The van der Waals surface area contributed by atoms with Crippen molar-refractivity contribution in [1.29, 1.82) is 0 Å². The monoisotopic (exact) mass is 225 g/mol. The van der Waals surface area contributed by atoms with Gasteiger partial charge in [0.2, 0.25) is 0 Å². The highest BCUT2D eigenvalue weighted by atomic mass is 35.5. The summed E-state index contributed by atoms with van der Waals surface area (Å²) in [5.74, 6) is 0.738. The van der Waals surface area contributed by atoms with Gasteiger partial charge in [0.25, 0.3) is 0 Å². The molecule has 0 N–H and O–H groups in total. The summed E-state index contributed by atoms with van der Waals surface area (Å²) in [5.41, 5.74) is 3.09. The summed E-state index contributed by atoms with van der Waals surface area (Å²) in [6.07, 6.45) is 0. The number of hydrogen-bond acceptors (Lipinski definition) is 2. The molecule has 0 aliphatic heterocycles. The molecule has 0 bridgehead atoms.